The lowest BCUT2D eigenvalue weighted by atomic mass is 9.43. The van der Waals surface area contributed by atoms with E-state index in [0.29, 0.717) is 23.2 Å². The smallest absolute Gasteiger partial charge is 0.0602 e. The molecule has 0 saturated heterocycles. The summed E-state index contributed by atoms with van der Waals surface area (Å²) in [4.78, 5) is 0. The van der Waals surface area contributed by atoms with Crippen molar-refractivity contribution in [2.75, 3.05) is 0 Å². The average molecular weight is 363 g/mol. The van der Waals surface area contributed by atoms with Gasteiger partial charge in [-0.15, -0.1) is 0 Å². The Morgan fingerprint density at radius 2 is 1.73 bits per heavy atom. The predicted octanol–water partition coefficient (Wildman–Crippen LogP) is 5.41. The molecule has 0 aromatic rings. The summed E-state index contributed by atoms with van der Waals surface area (Å²) in [6, 6.07) is 0. The van der Waals surface area contributed by atoms with Gasteiger partial charge < -0.3 is 10.2 Å². The van der Waals surface area contributed by atoms with Gasteiger partial charge in [0.25, 0.3) is 0 Å². The SMILES string of the molecule is CCCC(C)C1CCC2C3CCC4CC(O)CCC4(C)C3CC(O)C12C. The van der Waals surface area contributed by atoms with Gasteiger partial charge >= 0.3 is 0 Å². The molecule has 4 rings (SSSR count). The highest BCUT2D eigenvalue weighted by atomic mass is 16.3. The second-order valence-electron chi connectivity index (χ2n) is 11.2. The van der Waals surface area contributed by atoms with E-state index in [1.54, 1.807) is 0 Å². The Hall–Kier alpha value is -0.0800. The molecule has 10 unspecified atom stereocenters. The lowest BCUT2D eigenvalue weighted by Crippen LogP contribution is -2.58. The Balaban J connectivity index is 1.61. The molecule has 2 N–H and O–H groups in total. The van der Waals surface area contributed by atoms with Crippen LogP contribution in [0.15, 0.2) is 0 Å². The first kappa shape index (κ1) is 19.2. The van der Waals surface area contributed by atoms with Crippen LogP contribution in [0.25, 0.3) is 0 Å². The number of aliphatic hydroxyl groups excluding tert-OH is 2. The van der Waals surface area contributed by atoms with Crippen molar-refractivity contribution in [3.8, 4) is 0 Å². The molecule has 0 aliphatic heterocycles. The van der Waals surface area contributed by atoms with Crippen molar-refractivity contribution < 1.29 is 10.2 Å². The van der Waals surface area contributed by atoms with E-state index in [4.69, 9.17) is 0 Å². The maximum Gasteiger partial charge on any atom is 0.0602 e. The maximum atomic E-state index is 11.5. The zero-order chi connectivity index (χ0) is 18.7. The van der Waals surface area contributed by atoms with Crippen LogP contribution >= 0.6 is 0 Å². The summed E-state index contributed by atoms with van der Waals surface area (Å²) in [5.74, 6) is 4.37. The van der Waals surface area contributed by atoms with Crippen LogP contribution in [0.1, 0.15) is 91.9 Å². The molecule has 0 radical (unpaired) electrons. The minimum absolute atomic E-state index is 0.0749. The molecule has 0 spiro atoms. The van der Waals surface area contributed by atoms with Crippen LogP contribution in [0.4, 0.5) is 0 Å². The summed E-state index contributed by atoms with van der Waals surface area (Å²) in [5.41, 5.74) is 0.505. The van der Waals surface area contributed by atoms with Gasteiger partial charge in [0, 0.05) is 0 Å². The molecule has 4 aliphatic carbocycles. The van der Waals surface area contributed by atoms with Crippen molar-refractivity contribution in [1.29, 1.82) is 0 Å². The third-order valence-corrected chi connectivity index (χ3v) is 10.2. The van der Waals surface area contributed by atoms with E-state index < -0.39 is 0 Å². The van der Waals surface area contributed by atoms with Crippen LogP contribution in [0.3, 0.4) is 0 Å². The molecule has 2 nitrogen and oxygen atoms in total. The summed E-state index contributed by atoms with van der Waals surface area (Å²) in [7, 11) is 0. The van der Waals surface area contributed by atoms with Crippen LogP contribution in [0, 0.1) is 46.3 Å². The summed E-state index contributed by atoms with van der Waals surface area (Å²) in [6.07, 6.45) is 11.9. The fraction of sp³-hybridized carbons (Fsp3) is 1.00. The standard InChI is InChI=1S/C24H42O2/c1-5-6-15(2)19-9-10-20-18-8-7-16-13-17(25)11-12-23(16,3)21(18)14-22(26)24(19,20)4/h15-22,25-26H,5-14H2,1-4H3. The Morgan fingerprint density at radius 3 is 2.46 bits per heavy atom. The first-order valence-electron chi connectivity index (χ1n) is 11.7. The van der Waals surface area contributed by atoms with Crippen LogP contribution < -0.4 is 0 Å². The molecular weight excluding hydrogens is 320 g/mol. The molecule has 10 atom stereocenters. The van der Waals surface area contributed by atoms with E-state index in [9.17, 15) is 10.2 Å². The topological polar surface area (TPSA) is 40.5 Å². The van der Waals surface area contributed by atoms with Gasteiger partial charge in [-0.25, -0.2) is 0 Å². The van der Waals surface area contributed by atoms with Gasteiger partial charge in [-0.3, -0.25) is 0 Å². The van der Waals surface area contributed by atoms with E-state index in [1.165, 1.54) is 44.9 Å². The third kappa shape index (κ3) is 2.65. The Bertz CT molecular complexity index is 518. The number of rotatable bonds is 3. The highest BCUT2D eigenvalue weighted by Gasteiger charge is 2.63. The van der Waals surface area contributed by atoms with Gasteiger partial charge in [-0.2, -0.15) is 0 Å². The number of aliphatic hydroxyl groups is 2. The number of fused-ring (bicyclic) bond motifs is 5. The van der Waals surface area contributed by atoms with Crippen LogP contribution in [-0.2, 0) is 0 Å². The molecule has 150 valence electrons. The van der Waals surface area contributed by atoms with Crippen LogP contribution in [-0.4, -0.2) is 22.4 Å². The minimum atomic E-state index is -0.122. The molecule has 26 heavy (non-hydrogen) atoms. The second kappa shape index (κ2) is 6.76. The molecule has 0 heterocycles. The number of hydrogen-bond acceptors (Lipinski definition) is 2. The third-order valence-electron chi connectivity index (χ3n) is 10.2. The Labute approximate surface area is 161 Å². The summed E-state index contributed by atoms with van der Waals surface area (Å²) in [5, 5.41) is 21.7. The monoisotopic (exact) mass is 362 g/mol. The highest BCUT2D eigenvalue weighted by molar-refractivity contribution is 5.12. The maximum absolute atomic E-state index is 11.5. The van der Waals surface area contributed by atoms with Crippen LogP contribution in [0.2, 0.25) is 0 Å². The fourth-order valence-electron chi connectivity index (χ4n) is 8.82. The van der Waals surface area contributed by atoms with Gasteiger partial charge in [0.15, 0.2) is 0 Å². The second-order valence-corrected chi connectivity index (χ2v) is 11.2. The molecular formula is C24H42O2. The van der Waals surface area contributed by atoms with Gasteiger partial charge in [0.1, 0.15) is 0 Å². The van der Waals surface area contributed by atoms with Crippen molar-refractivity contribution in [2.45, 2.75) is 104 Å². The predicted molar refractivity (Wildman–Crippen MR) is 107 cm³/mol. The number of hydrogen-bond donors (Lipinski definition) is 2. The van der Waals surface area contributed by atoms with Gasteiger partial charge in [-0.05, 0) is 97.7 Å². The molecule has 4 aliphatic rings. The molecule has 0 aromatic heterocycles. The van der Waals surface area contributed by atoms with E-state index in [0.717, 1.165) is 37.0 Å². The molecule has 0 bridgehead atoms. The van der Waals surface area contributed by atoms with Crippen molar-refractivity contribution >= 4 is 0 Å². The summed E-state index contributed by atoms with van der Waals surface area (Å²) < 4.78 is 0. The van der Waals surface area contributed by atoms with Crippen LogP contribution in [0.5, 0.6) is 0 Å². The van der Waals surface area contributed by atoms with E-state index in [2.05, 4.69) is 27.7 Å². The van der Waals surface area contributed by atoms with E-state index >= 15 is 0 Å². The van der Waals surface area contributed by atoms with E-state index in [1.807, 2.05) is 0 Å². The normalized spacial score (nSPS) is 54.9. The van der Waals surface area contributed by atoms with Crippen molar-refractivity contribution in [3.05, 3.63) is 0 Å². The van der Waals surface area contributed by atoms with E-state index in [-0.39, 0.29) is 17.6 Å². The quantitative estimate of drug-likeness (QED) is 0.704. The van der Waals surface area contributed by atoms with Crippen molar-refractivity contribution in [3.63, 3.8) is 0 Å². The lowest BCUT2D eigenvalue weighted by molar-refractivity contribution is -0.174. The molecule has 2 heteroatoms. The lowest BCUT2D eigenvalue weighted by Gasteiger charge is -2.62. The van der Waals surface area contributed by atoms with Crippen molar-refractivity contribution in [1.82, 2.24) is 0 Å². The first-order chi connectivity index (χ1) is 12.3. The zero-order valence-corrected chi connectivity index (χ0v) is 17.6. The Morgan fingerprint density at radius 1 is 0.962 bits per heavy atom. The molecule has 4 fully saturated rings. The Kier molecular flexibility index (Phi) is 5.01. The summed E-state index contributed by atoms with van der Waals surface area (Å²) >= 11 is 0. The van der Waals surface area contributed by atoms with Gasteiger partial charge in [0.2, 0.25) is 0 Å². The van der Waals surface area contributed by atoms with Crippen molar-refractivity contribution in [2.24, 2.45) is 46.3 Å². The van der Waals surface area contributed by atoms with Gasteiger partial charge in [0.05, 0.1) is 12.2 Å². The zero-order valence-electron chi connectivity index (χ0n) is 17.6. The molecule has 0 aromatic carbocycles. The largest absolute Gasteiger partial charge is 0.393 e. The molecule has 4 saturated carbocycles. The summed E-state index contributed by atoms with van der Waals surface area (Å²) in [6.45, 7) is 9.73. The highest BCUT2D eigenvalue weighted by Crippen LogP contribution is 2.68. The average Bonchev–Trinajstić information content (AvgIpc) is 2.96. The van der Waals surface area contributed by atoms with Gasteiger partial charge in [-0.1, -0.05) is 40.5 Å². The molecule has 0 amide bonds. The fourth-order valence-corrected chi connectivity index (χ4v) is 8.82. The first-order valence-corrected chi connectivity index (χ1v) is 11.7. The minimum Gasteiger partial charge on any atom is -0.393 e.